The Hall–Kier alpha value is -2.95. The standard InChI is InChI=1S/C21H21N3O2/c1-14-4-6-15(7-5-14)16-11-19-18(20(25)12-16)13-23-21(24-19)22-9-8-17-3-2-10-26-17/h2-7,10,13,16H,8-9,11-12H2,1H3,(H,22,23,24)/t16-/m1/s1. The van der Waals surface area contributed by atoms with Crippen LogP contribution in [-0.4, -0.2) is 22.3 Å². The molecule has 1 N–H and O–H groups in total. The molecule has 4 rings (SSSR count). The zero-order valence-electron chi connectivity index (χ0n) is 14.7. The molecule has 1 aliphatic carbocycles. The van der Waals surface area contributed by atoms with Crippen LogP contribution in [-0.2, 0) is 12.8 Å². The van der Waals surface area contributed by atoms with Crippen molar-refractivity contribution in [2.75, 3.05) is 11.9 Å². The van der Waals surface area contributed by atoms with Crippen molar-refractivity contribution in [1.82, 2.24) is 9.97 Å². The lowest BCUT2D eigenvalue weighted by molar-refractivity contribution is 0.0962. The number of hydrogen-bond donors (Lipinski definition) is 1. The third-order valence-corrected chi connectivity index (χ3v) is 4.82. The second-order valence-corrected chi connectivity index (χ2v) is 6.75. The largest absolute Gasteiger partial charge is 0.469 e. The van der Waals surface area contributed by atoms with Crippen molar-refractivity contribution < 1.29 is 9.21 Å². The van der Waals surface area contributed by atoms with Gasteiger partial charge in [-0.15, -0.1) is 0 Å². The fraction of sp³-hybridized carbons (Fsp3) is 0.286. The second-order valence-electron chi connectivity index (χ2n) is 6.75. The summed E-state index contributed by atoms with van der Waals surface area (Å²) in [6.45, 7) is 2.75. The molecule has 0 unspecified atom stereocenters. The van der Waals surface area contributed by atoms with Gasteiger partial charge in [-0.2, -0.15) is 0 Å². The lowest BCUT2D eigenvalue weighted by atomic mass is 9.82. The number of anilines is 1. The predicted octanol–water partition coefficient (Wildman–Crippen LogP) is 3.95. The van der Waals surface area contributed by atoms with Crippen molar-refractivity contribution in [3.63, 3.8) is 0 Å². The first-order chi connectivity index (χ1) is 12.7. The number of carbonyl (C=O) groups excluding carboxylic acids is 1. The summed E-state index contributed by atoms with van der Waals surface area (Å²) in [6.07, 6.45) is 5.37. The molecular formula is C21H21N3O2. The molecule has 1 aliphatic rings. The van der Waals surface area contributed by atoms with Crippen LogP contribution in [0.1, 0.15) is 45.3 Å². The molecule has 5 nitrogen and oxygen atoms in total. The number of ketones is 1. The third kappa shape index (κ3) is 3.52. The Morgan fingerprint density at radius 1 is 1.19 bits per heavy atom. The number of nitrogens with zero attached hydrogens (tertiary/aromatic N) is 2. The Labute approximate surface area is 152 Å². The number of aromatic nitrogens is 2. The van der Waals surface area contributed by atoms with Gasteiger partial charge in [-0.3, -0.25) is 4.79 Å². The highest BCUT2D eigenvalue weighted by atomic mass is 16.3. The van der Waals surface area contributed by atoms with E-state index in [2.05, 4.69) is 46.5 Å². The number of rotatable bonds is 5. The normalized spacial score (nSPS) is 16.3. The molecule has 0 saturated heterocycles. The maximum absolute atomic E-state index is 12.5. The molecule has 0 bridgehead atoms. The number of benzene rings is 1. The highest BCUT2D eigenvalue weighted by molar-refractivity contribution is 5.98. The van der Waals surface area contributed by atoms with Gasteiger partial charge >= 0.3 is 0 Å². The number of furan rings is 1. The number of carbonyl (C=O) groups is 1. The van der Waals surface area contributed by atoms with Gasteiger partial charge in [0.25, 0.3) is 0 Å². The smallest absolute Gasteiger partial charge is 0.222 e. The molecule has 0 aliphatic heterocycles. The van der Waals surface area contributed by atoms with Crippen molar-refractivity contribution in [2.24, 2.45) is 0 Å². The number of fused-ring (bicyclic) bond motifs is 1. The number of aryl methyl sites for hydroxylation is 1. The number of hydrogen-bond acceptors (Lipinski definition) is 5. The molecule has 0 radical (unpaired) electrons. The van der Waals surface area contributed by atoms with E-state index in [9.17, 15) is 4.79 Å². The molecule has 2 aromatic heterocycles. The van der Waals surface area contributed by atoms with Crippen molar-refractivity contribution in [2.45, 2.75) is 32.1 Å². The third-order valence-electron chi connectivity index (χ3n) is 4.82. The lowest BCUT2D eigenvalue weighted by Crippen LogP contribution is -2.21. The SMILES string of the molecule is Cc1ccc([C@H]2CC(=O)c3cnc(NCCc4ccco4)nc3C2)cc1. The van der Waals surface area contributed by atoms with Crippen LogP contribution in [0.3, 0.4) is 0 Å². The Balaban J connectivity index is 1.48. The van der Waals surface area contributed by atoms with E-state index in [1.807, 2.05) is 12.1 Å². The summed E-state index contributed by atoms with van der Waals surface area (Å²) in [6, 6.07) is 12.2. The van der Waals surface area contributed by atoms with Crippen LogP contribution in [0.2, 0.25) is 0 Å². The van der Waals surface area contributed by atoms with Gasteiger partial charge in [-0.05, 0) is 37.0 Å². The van der Waals surface area contributed by atoms with Gasteiger partial charge in [0.15, 0.2) is 5.78 Å². The molecule has 132 valence electrons. The van der Waals surface area contributed by atoms with Crippen LogP contribution in [0.25, 0.3) is 0 Å². The zero-order chi connectivity index (χ0) is 17.9. The minimum atomic E-state index is 0.124. The monoisotopic (exact) mass is 347 g/mol. The minimum absolute atomic E-state index is 0.124. The Kier molecular flexibility index (Phi) is 4.52. The lowest BCUT2D eigenvalue weighted by Gasteiger charge is -2.23. The highest BCUT2D eigenvalue weighted by Gasteiger charge is 2.28. The van der Waals surface area contributed by atoms with Gasteiger partial charge in [0, 0.05) is 25.6 Å². The fourth-order valence-corrected chi connectivity index (χ4v) is 3.36. The van der Waals surface area contributed by atoms with E-state index in [0.717, 1.165) is 24.3 Å². The van der Waals surface area contributed by atoms with Gasteiger partial charge in [-0.1, -0.05) is 29.8 Å². The van der Waals surface area contributed by atoms with Crippen LogP contribution in [0.15, 0.2) is 53.3 Å². The van der Waals surface area contributed by atoms with E-state index in [4.69, 9.17) is 4.42 Å². The van der Waals surface area contributed by atoms with E-state index >= 15 is 0 Å². The van der Waals surface area contributed by atoms with Crippen molar-refractivity contribution in [3.8, 4) is 0 Å². The van der Waals surface area contributed by atoms with Crippen LogP contribution in [0.4, 0.5) is 5.95 Å². The molecule has 3 aromatic rings. The number of Topliss-reactive ketones (excluding diaryl/α,β-unsaturated/α-hetero) is 1. The van der Waals surface area contributed by atoms with Crippen molar-refractivity contribution in [1.29, 1.82) is 0 Å². The highest BCUT2D eigenvalue weighted by Crippen LogP contribution is 2.32. The zero-order valence-corrected chi connectivity index (χ0v) is 14.7. The topological polar surface area (TPSA) is 68.0 Å². The van der Waals surface area contributed by atoms with Crippen LogP contribution < -0.4 is 5.32 Å². The van der Waals surface area contributed by atoms with Crippen LogP contribution >= 0.6 is 0 Å². The van der Waals surface area contributed by atoms with Gasteiger partial charge in [-0.25, -0.2) is 9.97 Å². The van der Waals surface area contributed by atoms with E-state index in [1.54, 1.807) is 12.5 Å². The van der Waals surface area contributed by atoms with Gasteiger partial charge in [0.05, 0.1) is 17.5 Å². The average Bonchev–Trinajstić information content (AvgIpc) is 3.15. The first-order valence-corrected chi connectivity index (χ1v) is 8.91. The molecule has 0 spiro atoms. The molecule has 5 heteroatoms. The quantitative estimate of drug-likeness (QED) is 0.757. The van der Waals surface area contributed by atoms with Crippen LogP contribution in [0.5, 0.6) is 0 Å². The van der Waals surface area contributed by atoms with E-state index in [0.29, 0.717) is 24.5 Å². The maximum Gasteiger partial charge on any atom is 0.222 e. The van der Waals surface area contributed by atoms with Gasteiger partial charge < -0.3 is 9.73 Å². The summed E-state index contributed by atoms with van der Waals surface area (Å²) in [5.74, 6) is 1.79. The molecule has 1 aromatic carbocycles. The van der Waals surface area contributed by atoms with E-state index in [1.165, 1.54) is 11.1 Å². The van der Waals surface area contributed by atoms with Gasteiger partial charge in [0.1, 0.15) is 5.76 Å². The van der Waals surface area contributed by atoms with E-state index < -0.39 is 0 Å². The summed E-state index contributed by atoms with van der Waals surface area (Å²) < 4.78 is 5.32. The Bertz CT molecular complexity index is 902. The first kappa shape index (κ1) is 16.5. The molecule has 0 saturated carbocycles. The predicted molar refractivity (Wildman–Crippen MR) is 99.5 cm³/mol. The summed E-state index contributed by atoms with van der Waals surface area (Å²) in [5.41, 5.74) is 3.91. The molecule has 1 atom stereocenters. The Morgan fingerprint density at radius 3 is 2.81 bits per heavy atom. The molecular weight excluding hydrogens is 326 g/mol. The summed E-state index contributed by atoms with van der Waals surface area (Å²) in [5, 5.41) is 3.22. The minimum Gasteiger partial charge on any atom is -0.469 e. The van der Waals surface area contributed by atoms with Crippen LogP contribution in [0, 0.1) is 6.92 Å². The van der Waals surface area contributed by atoms with Gasteiger partial charge in [0.2, 0.25) is 5.95 Å². The maximum atomic E-state index is 12.5. The molecule has 2 heterocycles. The number of nitrogens with one attached hydrogen (secondary N) is 1. The fourth-order valence-electron chi connectivity index (χ4n) is 3.36. The second kappa shape index (κ2) is 7.12. The molecule has 0 fully saturated rings. The first-order valence-electron chi connectivity index (χ1n) is 8.91. The average molecular weight is 347 g/mol. The summed E-state index contributed by atoms with van der Waals surface area (Å²) in [7, 11) is 0. The van der Waals surface area contributed by atoms with Crippen molar-refractivity contribution in [3.05, 3.63) is 77.0 Å². The molecule has 0 amide bonds. The molecule has 26 heavy (non-hydrogen) atoms. The van der Waals surface area contributed by atoms with Crippen molar-refractivity contribution >= 4 is 11.7 Å². The summed E-state index contributed by atoms with van der Waals surface area (Å²) in [4.78, 5) is 21.4. The summed E-state index contributed by atoms with van der Waals surface area (Å²) >= 11 is 0. The van der Waals surface area contributed by atoms with E-state index in [-0.39, 0.29) is 11.7 Å². The Morgan fingerprint density at radius 2 is 2.04 bits per heavy atom.